The van der Waals surface area contributed by atoms with Crippen LogP contribution in [0.5, 0.6) is 0 Å². The number of aliphatic imine (C=N–C) groups is 1. The number of unbranched alkanes of at least 4 members (excludes halogenated alkanes) is 1. The highest BCUT2D eigenvalue weighted by molar-refractivity contribution is 5.88. The van der Waals surface area contributed by atoms with Crippen LogP contribution >= 0.6 is 0 Å². The van der Waals surface area contributed by atoms with Crippen LogP contribution in [0.3, 0.4) is 0 Å². The van der Waals surface area contributed by atoms with Crippen LogP contribution < -0.4 is 9.88 Å². The lowest BCUT2D eigenvalue weighted by atomic mass is 9.60. The molecule has 2 aliphatic heterocycles. The standard InChI is InChI=1S/C27H38N3/c1-7-10-11-21-18-28-25(29-21)20-12-13-23-22(17-20)24-16-19(4)14-15-30(24)27(6,9-3)26(23,5)8-2/h12-17,25,28H,7-11,18H2,1-6H3/q+1. The SMILES string of the molecule is CCCCC1=NC(c2ccc3c(c2)-c2cc(C)cc[n+]2C(C)(CC)C3(C)CC)NC1. The summed E-state index contributed by atoms with van der Waals surface area (Å²) in [6.45, 7) is 14.9. The molecule has 0 saturated carbocycles. The zero-order chi connectivity index (χ0) is 21.5. The van der Waals surface area contributed by atoms with E-state index in [1.54, 1.807) is 0 Å². The molecule has 3 heterocycles. The van der Waals surface area contributed by atoms with E-state index in [-0.39, 0.29) is 17.1 Å². The Morgan fingerprint density at radius 3 is 2.60 bits per heavy atom. The number of hydrogen-bond donors (Lipinski definition) is 1. The first-order valence-electron chi connectivity index (χ1n) is 11.8. The van der Waals surface area contributed by atoms with Gasteiger partial charge in [0.15, 0.2) is 11.7 Å². The lowest BCUT2D eigenvalue weighted by Gasteiger charge is -2.46. The van der Waals surface area contributed by atoms with Crippen LogP contribution in [0.4, 0.5) is 0 Å². The maximum atomic E-state index is 5.02. The number of nitrogens with one attached hydrogen (secondary N) is 1. The average molecular weight is 405 g/mol. The van der Waals surface area contributed by atoms with Gasteiger partial charge in [0.25, 0.3) is 0 Å². The molecule has 1 aromatic heterocycles. The number of rotatable bonds is 6. The number of aromatic nitrogens is 1. The van der Waals surface area contributed by atoms with Crippen LogP contribution in [-0.2, 0) is 11.0 Å². The molecule has 2 aromatic rings. The fraction of sp³-hybridized carbons (Fsp3) is 0.556. The van der Waals surface area contributed by atoms with Gasteiger partial charge in [0.2, 0.25) is 5.69 Å². The van der Waals surface area contributed by atoms with Crippen LogP contribution in [0.1, 0.15) is 89.6 Å². The number of fused-ring (bicyclic) bond motifs is 3. The molecule has 160 valence electrons. The predicted octanol–water partition coefficient (Wildman–Crippen LogP) is 5.99. The molecule has 0 bridgehead atoms. The van der Waals surface area contributed by atoms with Gasteiger partial charge in [0.05, 0.1) is 11.0 Å². The second-order valence-electron chi connectivity index (χ2n) is 9.66. The Morgan fingerprint density at radius 2 is 1.90 bits per heavy atom. The summed E-state index contributed by atoms with van der Waals surface area (Å²) in [7, 11) is 0. The van der Waals surface area contributed by atoms with Crippen molar-refractivity contribution in [1.29, 1.82) is 0 Å². The van der Waals surface area contributed by atoms with Crippen LogP contribution in [-0.4, -0.2) is 12.3 Å². The molecule has 3 nitrogen and oxygen atoms in total. The van der Waals surface area contributed by atoms with Crippen molar-refractivity contribution in [2.45, 2.75) is 90.8 Å². The van der Waals surface area contributed by atoms with Gasteiger partial charge in [-0.05, 0) is 55.9 Å². The molecule has 0 aliphatic carbocycles. The van der Waals surface area contributed by atoms with Gasteiger partial charge in [-0.2, -0.15) is 4.57 Å². The van der Waals surface area contributed by atoms with E-state index in [0.717, 1.165) is 25.8 Å². The van der Waals surface area contributed by atoms with Gasteiger partial charge in [-0.25, -0.2) is 0 Å². The van der Waals surface area contributed by atoms with Gasteiger partial charge in [-0.1, -0.05) is 39.3 Å². The smallest absolute Gasteiger partial charge is 0.213 e. The Balaban J connectivity index is 1.85. The van der Waals surface area contributed by atoms with Crippen LogP contribution in [0.15, 0.2) is 41.5 Å². The molecule has 4 rings (SSSR count). The molecule has 0 amide bonds. The summed E-state index contributed by atoms with van der Waals surface area (Å²) in [4.78, 5) is 5.02. The van der Waals surface area contributed by atoms with Gasteiger partial charge in [-0.15, -0.1) is 0 Å². The Morgan fingerprint density at radius 1 is 1.10 bits per heavy atom. The Labute approximate surface area is 182 Å². The fourth-order valence-electron chi connectivity index (χ4n) is 5.57. The summed E-state index contributed by atoms with van der Waals surface area (Å²) < 4.78 is 2.55. The van der Waals surface area contributed by atoms with E-state index in [4.69, 9.17) is 4.99 Å². The molecule has 2 aliphatic rings. The summed E-state index contributed by atoms with van der Waals surface area (Å²) in [6, 6.07) is 11.7. The van der Waals surface area contributed by atoms with E-state index in [0.29, 0.717) is 0 Å². The lowest BCUT2D eigenvalue weighted by Crippen LogP contribution is -2.67. The molecule has 0 spiro atoms. The van der Waals surface area contributed by atoms with Crippen LogP contribution in [0.2, 0.25) is 0 Å². The predicted molar refractivity (Wildman–Crippen MR) is 126 cm³/mol. The van der Waals surface area contributed by atoms with Crippen molar-refractivity contribution in [3.63, 3.8) is 0 Å². The van der Waals surface area contributed by atoms with E-state index in [1.165, 1.54) is 46.5 Å². The van der Waals surface area contributed by atoms with Crippen LogP contribution in [0.25, 0.3) is 11.3 Å². The largest absolute Gasteiger partial charge is 0.287 e. The molecule has 3 unspecified atom stereocenters. The summed E-state index contributed by atoms with van der Waals surface area (Å²) in [5.41, 5.74) is 8.26. The maximum absolute atomic E-state index is 5.02. The van der Waals surface area contributed by atoms with Gasteiger partial charge in [0, 0.05) is 37.7 Å². The Kier molecular flexibility index (Phi) is 5.61. The van der Waals surface area contributed by atoms with E-state index in [1.807, 2.05) is 0 Å². The highest BCUT2D eigenvalue weighted by Crippen LogP contribution is 2.50. The van der Waals surface area contributed by atoms with Gasteiger partial charge in [0.1, 0.15) is 6.17 Å². The molecular weight excluding hydrogens is 366 g/mol. The molecular formula is C27H38N3+. The highest BCUT2D eigenvalue weighted by Gasteiger charge is 2.56. The van der Waals surface area contributed by atoms with Crippen molar-refractivity contribution in [2.75, 3.05) is 6.54 Å². The third-order valence-corrected chi connectivity index (χ3v) is 8.09. The van der Waals surface area contributed by atoms with Crippen molar-refractivity contribution in [2.24, 2.45) is 4.99 Å². The zero-order valence-corrected chi connectivity index (χ0v) is 19.7. The minimum absolute atomic E-state index is 0.0520. The molecule has 0 fully saturated rings. The maximum Gasteiger partial charge on any atom is 0.213 e. The van der Waals surface area contributed by atoms with Crippen molar-refractivity contribution in [1.82, 2.24) is 5.32 Å². The van der Waals surface area contributed by atoms with Crippen molar-refractivity contribution < 1.29 is 4.57 Å². The molecule has 3 heteroatoms. The van der Waals surface area contributed by atoms with Crippen LogP contribution in [0, 0.1) is 6.92 Å². The molecule has 0 radical (unpaired) electrons. The van der Waals surface area contributed by atoms with Crippen molar-refractivity contribution in [3.05, 3.63) is 53.2 Å². The summed E-state index contributed by atoms with van der Waals surface area (Å²) in [5.74, 6) is 0. The summed E-state index contributed by atoms with van der Waals surface area (Å²) in [6.07, 6.45) is 8.19. The topological polar surface area (TPSA) is 28.3 Å². The normalized spacial score (nSPS) is 27.5. The first kappa shape index (κ1) is 21.2. The molecule has 30 heavy (non-hydrogen) atoms. The van der Waals surface area contributed by atoms with Gasteiger partial charge >= 0.3 is 0 Å². The Bertz CT molecular complexity index is 976. The second kappa shape index (κ2) is 7.92. The minimum Gasteiger partial charge on any atom is -0.287 e. The summed E-state index contributed by atoms with van der Waals surface area (Å²) >= 11 is 0. The number of nitrogens with zero attached hydrogens (tertiary/aromatic N) is 2. The summed E-state index contributed by atoms with van der Waals surface area (Å²) in [5, 5.41) is 3.63. The third kappa shape index (κ3) is 3.13. The van der Waals surface area contributed by atoms with Crippen molar-refractivity contribution >= 4 is 5.71 Å². The molecule has 0 saturated heterocycles. The quantitative estimate of drug-likeness (QED) is 0.589. The third-order valence-electron chi connectivity index (χ3n) is 8.09. The molecule has 1 N–H and O–H groups in total. The molecule has 3 atom stereocenters. The monoisotopic (exact) mass is 404 g/mol. The van der Waals surface area contributed by atoms with Gasteiger partial charge in [-0.3, -0.25) is 10.3 Å². The zero-order valence-electron chi connectivity index (χ0n) is 19.7. The first-order valence-corrected chi connectivity index (χ1v) is 11.8. The molecule has 1 aromatic carbocycles. The van der Waals surface area contributed by atoms with E-state index in [2.05, 4.69) is 88.0 Å². The lowest BCUT2D eigenvalue weighted by molar-refractivity contribution is -0.765. The van der Waals surface area contributed by atoms with E-state index < -0.39 is 0 Å². The fourth-order valence-corrected chi connectivity index (χ4v) is 5.57. The Hall–Kier alpha value is -2.00. The van der Waals surface area contributed by atoms with Crippen molar-refractivity contribution in [3.8, 4) is 11.3 Å². The second-order valence-corrected chi connectivity index (χ2v) is 9.66. The highest BCUT2D eigenvalue weighted by atomic mass is 15.1. The number of benzene rings is 1. The van der Waals surface area contributed by atoms with E-state index in [9.17, 15) is 0 Å². The number of aryl methyl sites for hydroxylation is 1. The first-order chi connectivity index (χ1) is 14.4. The number of hydrogen-bond acceptors (Lipinski definition) is 2. The minimum atomic E-state index is 0.0520. The van der Waals surface area contributed by atoms with E-state index >= 15 is 0 Å². The average Bonchev–Trinajstić information content (AvgIpc) is 3.24. The number of pyridine rings is 1. The van der Waals surface area contributed by atoms with Gasteiger partial charge < -0.3 is 0 Å².